The van der Waals surface area contributed by atoms with E-state index in [4.69, 9.17) is 10.9 Å². The Morgan fingerprint density at radius 2 is 2.11 bits per heavy atom. The van der Waals surface area contributed by atoms with E-state index in [-0.39, 0.29) is 11.6 Å². The lowest BCUT2D eigenvalue weighted by Crippen LogP contribution is -2.27. The van der Waals surface area contributed by atoms with Gasteiger partial charge in [0.05, 0.1) is 0 Å². The molecule has 4 heteroatoms. The molecule has 0 spiro atoms. The number of primary amides is 1. The van der Waals surface area contributed by atoms with E-state index in [2.05, 4.69) is 5.16 Å². The van der Waals surface area contributed by atoms with Gasteiger partial charge < -0.3 is 10.9 Å². The Hall–Kier alpha value is -1.06. The number of rotatable bonds is 2. The van der Waals surface area contributed by atoms with E-state index in [0.29, 0.717) is 0 Å². The number of carbonyl (C=O) groups is 1. The van der Waals surface area contributed by atoms with Crippen LogP contribution in [0.25, 0.3) is 0 Å². The van der Waals surface area contributed by atoms with Crippen LogP contribution < -0.4 is 5.73 Å². The Morgan fingerprint density at radius 1 is 1.67 bits per heavy atom. The van der Waals surface area contributed by atoms with Crippen molar-refractivity contribution in [3.05, 3.63) is 0 Å². The molecule has 0 fully saturated rings. The second-order valence-electron chi connectivity index (χ2n) is 2.00. The van der Waals surface area contributed by atoms with E-state index >= 15 is 0 Å². The van der Waals surface area contributed by atoms with Gasteiger partial charge in [0.15, 0.2) is 0 Å². The SMILES string of the molecule is CC(C)/C(=N/O)C(N)=O. The molecule has 4 nitrogen and oxygen atoms in total. The summed E-state index contributed by atoms with van der Waals surface area (Å²) in [5, 5.41) is 10.9. The third-order valence-corrected chi connectivity index (χ3v) is 0.907. The number of hydrogen-bond acceptors (Lipinski definition) is 3. The highest BCUT2D eigenvalue weighted by Gasteiger charge is 2.10. The maximum atomic E-state index is 10.3. The summed E-state index contributed by atoms with van der Waals surface area (Å²) in [5.74, 6) is -0.792. The minimum Gasteiger partial charge on any atom is -0.410 e. The molecule has 0 unspecified atom stereocenters. The molecule has 0 aromatic carbocycles. The zero-order chi connectivity index (χ0) is 7.44. The first-order valence-corrected chi connectivity index (χ1v) is 2.61. The van der Waals surface area contributed by atoms with Gasteiger partial charge in [0.25, 0.3) is 5.91 Å². The lowest BCUT2D eigenvalue weighted by molar-refractivity contribution is -0.112. The largest absolute Gasteiger partial charge is 0.410 e. The monoisotopic (exact) mass is 130 g/mol. The van der Waals surface area contributed by atoms with Gasteiger partial charge in [0.2, 0.25) is 0 Å². The molecule has 0 aliphatic heterocycles. The van der Waals surface area contributed by atoms with E-state index in [1.807, 2.05) is 0 Å². The summed E-state index contributed by atoms with van der Waals surface area (Å²) in [7, 11) is 0. The van der Waals surface area contributed by atoms with Gasteiger partial charge in [0, 0.05) is 5.92 Å². The Bertz CT molecular complexity index is 140. The minimum absolute atomic E-state index is 0.00926. The lowest BCUT2D eigenvalue weighted by atomic mass is 10.1. The van der Waals surface area contributed by atoms with Crippen molar-refractivity contribution in [3.63, 3.8) is 0 Å². The van der Waals surface area contributed by atoms with Crippen LogP contribution in [-0.2, 0) is 4.79 Å². The Kier molecular flexibility index (Phi) is 2.70. The maximum absolute atomic E-state index is 10.3. The summed E-state index contributed by atoms with van der Waals surface area (Å²) in [4.78, 5) is 10.3. The molecule has 52 valence electrons. The molecule has 0 aromatic rings. The van der Waals surface area contributed by atoms with Gasteiger partial charge >= 0.3 is 0 Å². The summed E-state index contributed by atoms with van der Waals surface area (Å²) in [6.07, 6.45) is 0. The molecule has 0 saturated heterocycles. The van der Waals surface area contributed by atoms with Gasteiger partial charge in [-0.3, -0.25) is 4.79 Å². The van der Waals surface area contributed by atoms with Gasteiger partial charge in [-0.25, -0.2) is 0 Å². The van der Waals surface area contributed by atoms with Crippen LogP contribution >= 0.6 is 0 Å². The van der Waals surface area contributed by atoms with Crippen molar-refractivity contribution in [2.45, 2.75) is 13.8 Å². The Labute approximate surface area is 53.3 Å². The van der Waals surface area contributed by atoms with E-state index < -0.39 is 5.91 Å². The van der Waals surface area contributed by atoms with Gasteiger partial charge in [-0.1, -0.05) is 19.0 Å². The summed E-state index contributed by atoms with van der Waals surface area (Å²) in [6.45, 7) is 3.44. The number of oxime groups is 1. The van der Waals surface area contributed by atoms with Crippen molar-refractivity contribution < 1.29 is 10.0 Å². The number of nitrogens with zero attached hydrogens (tertiary/aromatic N) is 1. The molecule has 3 N–H and O–H groups in total. The molecular formula is C5H10N2O2. The fourth-order valence-corrected chi connectivity index (χ4v) is 0.449. The number of hydrogen-bond donors (Lipinski definition) is 2. The predicted octanol–water partition coefficient (Wildman–Crippen LogP) is -0.0421. The standard InChI is InChI=1S/C5H10N2O2/c1-3(2)4(7-9)5(6)8/h3,9H,1-2H3,(H2,6,8)/b7-4-. The fraction of sp³-hybridized carbons (Fsp3) is 0.600. The van der Waals surface area contributed by atoms with Crippen molar-refractivity contribution in [2.75, 3.05) is 0 Å². The van der Waals surface area contributed by atoms with Crippen LogP contribution in [0.1, 0.15) is 13.8 Å². The Balaban J connectivity index is 4.19. The summed E-state index contributed by atoms with van der Waals surface area (Å²) >= 11 is 0. The maximum Gasteiger partial charge on any atom is 0.266 e. The number of nitrogens with two attached hydrogens (primary N) is 1. The first-order chi connectivity index (χ1) is 4.09. The third-order valence-electron chi connectivity index (χ3n) is 0.907. The topological polar surface area (TPSA) is 75.7 Å². The third kappa shape index (κ3) is 2.12. The lowest BCUT2D eigenvalue weighted by Gasteiger charge is -2.00. The van der Waals surface area contributed by atoms with Crippen LogP contribution in [-0.4, -0.2) is 16.8 Å². The van der Waals surface area contributed by atoms with Crippen LogP contribution in [0, 0.1) is 5.92 Å². The highest BCUT2D eigenvalue weighted by atomic mass is 16.4. The van der Waals surface area contributed by atoms with Gasteiger partial charge in [-0.2, -0.15) is 0 Å². The average Bonchev–Trinajstić information content (AvgIpc) is 1.64. The molecule has 0 aromatic heterocycles. The fourth-order valence-electron chi connectivity index (χ4n) is 0.449. The van der Waals surface area contributed by atoms with Gasteiger partial charge in [-0.15, -0.1) is 0 Å². The minimum atomic E-state index is -0.674. The first kappa shape index (κ1) is 7.94. The van der Waals surface area contributed by atoms with Gasteiger partial charge in [0.1, 0.15) is 5.71 Å². The highest BCUT2D eigenvalue weighted by Crippen LogP contribution is 1.94. The molecule has 0 bridgehead atoms. The molecule has 0 aliphatic carbocycles. The normalized spacial score (nSPS) is 12.1. The highest BCUT2D eigenvalue weighted by molar-refractivity contribution is 6.38. The summed E-state index contributed by atoms with van der Waals surface area (Å²) < 4.78 is 0. The number of amides is 1. The second kappa shape index (κ2) is 3.06. The van der Waals surface area contributed by atoms with E-state index in [1.165, 1.54) is 0 Å². The molecule has 0 heterocycles. The summed E-state index contributed by atoms with van der Waals surface area (Å²) in [5.41, 5.74) is 4.83. The van der Waals surface area contributed by atoms with E-state index in [0.717, 1.165) is 0 Å². The molecule has 1 amide bonds. The molecular weight excluding hydrogens is 120 g/mol. The summed E-state index contributed by atoms with van der Waals surface area (Å²) in [6, 6.07) is 0. The molecule has 0 atom stereocenters. The van der Waals surface area contributed by atoms with Crippen LogP contribution in [0.5, 0.6) is 0 Å². The van der Waals surface area contributed by atoms with Gasteiger partial charge in [-0.05, 0) is 0 Å². The average molecular weight is 130 g/mol. The zero-order valence-electron chi connectivity index (χ0n) is 5.46. The number of carbonyl (C=O) groups excluding carboxylic acids is 1. The van der Waals surface area contributed by atoms with E-state index in [9.17, 15) is 4.79 Å². The van der Waals surface area contributed by atoms with Crippen molar-refractivity contribution in [2.24, 2.45) is 16.8 Å². The van der Waals surface area contributed by atoms with Crippen LogP contribution in [0.4, 0.5) is 0 Å². The van der Waals surface area contributed by atoms with E-state index in [1.54, 1.807) is 13.8 Å². The first-order valence-electron chi connectivity index (χ1n) is 2.61. The van der Waals surface area contributed by atoms with Crippen LogP contribution in [0.15, 0.2) is 5.16 Å². The van der Waals surface area contributed by atoms with Crippen molar-refractivity contribution in [1.82, 2.24) is 0 Å². The molecule has 0 radical (unpaired) electrons. The quantitative estimate of drug-likeness (QED) is 0.312. The smallest absolute Gasteiger partial charge is 0.266 e. The predicted molar refractivity (Wildman–Crippen MR) is 33.3 cm³/mol. The molecule has 9 heavy (non-hydrogen) atoms. The van der Waals surface area contributed by atoms with Crippen LogP contribution in [0.3, 0.4) is 0 Å². The Morgan fingerprint density at radius 3 is 2.11 bits per heavy atom. The van der Waals surface area contributed by atoms with Crippen molar-refractivity contribution in [1.29, 1.82) is 0 Å². The van der Waals surface area contributed by atoms with Crippen molar-refractivity contribution in [3.8, 4) is 0 Å². The molecule has 0 rings (SSSR count). The van der Waals surface area contributed by atoms with Crippen molar-refractivity contribution >= 4 is 11.6 Å². The molecule has 0 aliphatic rings. The second-order valence-corrected chi connectivity index (χ2v) is 2.00. The molecule has 0 saturated carbocycles. The zero-order valence-corrected chi connectivity index (χ0v) is 5.46. The van der Waals surface area contributed by atoms with Crippen LogP contribution in [0.2, 0.25) is 0 Å².